The van der Waals surface area contributed by atoms with E-state index in [1.54, 1.807) is 10.9 Å². The standard InChI is InChI=1S/C15H12BrClN4/c16-12-6-5-11(13(17)9-12)10-18-14-3-1-2-4-15(14)21-8-7-19-20-21/h1-9,18H,10H2. The van der Waals surface area contributed by atoms with Gasteiger partial charge in [-0.25, -0.2) is 4.68 Å². The first-order chi connectivity index (χ1) is 10.2. The van der Waals surface area contributed by atoms with Gasteiger partial charge in [-0.15, -0.1) is 5.10 Å². The molecule has 106 valence electrons. The molecule has 4 nitrogen and oxygen atoms in total. The predicted molar refractivity (Wildman–Crippen MR) is 87.8 cm³/mol. The van der Waals surface area contributed by atoms with Crippen LogP contribution in [0.15, 0.2) is 59.3 Å². The number of anilines is 1. The van der Waals surface area contributed by atoms with Gasteiger partial charge in [0.15, 0.2) is 0 Å². The molecule has 21 heavy (non-hydrogen) atoms. The van der Waals surface area contributed by atoms with Crippen molar-refractivity contribution in [2.45, 2.75) is 6.54 Å². The number of benzene rings is 2. The van der Waals surface area contributed by atoms with Crippen LogP contribution < -0.4 is 5.32 Å². The molecule has 0 aliphatic rings. The summed E-state index contributed by atoms with van der Waals surface area (Å²) in [6.45, 7) is 0.637. The van der Waals surface area contributed by atoms with E-state index < -0.39 is 0 Å². The predicted octanol–water partition coefficient (Wildman–Crippen LogP) is 4.30. The van der Waals surface area contributed by atoms with E-state index in [0.29, 0.717) is 6.54 Å². The fourth-order valence-corrected chi connectivity index (χ4v) is 2.76. The molecule has 0 spiro atoms. The summed E-state index contributed by atoms with van der Waals surface area (Å²) in [6.07, 6.45) is 3.47. The summed E-state index contributed by atoms with van der Waals surface area (Å²) in [6, 6.07) is 13.8. The highest BCUT2D eigenvalue weighted by Crippen LogP contribution is 2.24. The number of aromatic nitrogens is 3. The van der Waals surface area contributed by atoms with Gasteiger partial charge in [-0.2, -0.15) is 0 Å². The number of halogens is 2. The summed E-state index contributed by atoms with van der Waals surface area (Å²) in [7, 11) is 0. The molecule has 1 heterocycles. The lowest BCUT2D eigenvalue weighted by Crippen LogP contribution is -2.05. The van der Waals surface area contributed by atoms with Gasteiger partial charge in [0.05, 0.1) is 23.8 Å². The molecule has 0 unspecified atom stereocenters. The third-order valence-electron chi connectivity index (χ3n) is 3.06. The number of hydrogen-bond acceptors (Lipinski definition) is 3. The van der Waals surface area contributed by atoms with Crippen molar-refractivity contribution in [1.82, 2.24) is 15.0 Å². The van der Waals surface area contributed by atoms with Gasteiger partial charge in [0, 0.05) is 16.0 Å². The van der Waals surface area contributed by atoms with Crippen LogP contribution in [0.25, 0.3) is 5.69 Å². The van der Waals surface area contributed by atoms with Crippen molar-refractivity contribution in [3.05, 3.63) is 69.9 Å². The first-order valence-corrected chi connectivity index (χ1v) is 7.54. The number of hydrogen-bond donors (Lipinski definition) is 1. The van der Waals surface area contributed by atoms with Crippen molar-refractivity contribution in [3.8, 4) is 5.69 Å². The Hall–Kier alpha value is -1.85. The van der Waals surface area contributed by atoms with Crippen LogP contribution >= 0.6 is 27.5 Å². The highest BCUT2D eigenvalue weighted by Gasteiger charge is 2.06. The van der Waals surface area contributed by atoms with Gasteiger partial charge < -0.3 is 5.32 Å². The minimum Gasteiger partial charge on any atom is -0.379 e. The molecule has 3 rings (SSSR count). The van der Waals surface area contributed by atoms with Gasteiger partial charge >= 0.3 is 0 Å². The van der Waals surface area contributed by atoms with E-state index in [2.05, 4.69) is 31.6 Å². The molecule has 2 aromatic carbocycles. The Morgan fingerprint density at radius 1 is 1.19 bits per heavy atom. The lowest BCUT2D eigenvalue weighted by molar-refractivity contribution is 0.803. The maximum Gasteiger partial charge on any atom is 0.0894 e. The first kappa shape index (κ1) is 14.1. The van der Waals surface area contributed by atoms with Gasteiger partial charge in [-0.1, -0.05) is 50.9 Å². The second-order valence-electron chi connectivity index (χ2n) is 4.45. The Morgan fingerprint density at radius 2 is 2.05 bits per heavy atom. The molecule has 3 aromatic rings. The minimum absolute atomic E-state index is 0.637. The Morgan fingerprint density at radius 3 is 2.81 bits per heavy atom. The van der Waals surface area contributed by atoms with E-state index in [0.717, 1.165) is 26.4 Å². The third kappa shape index (κ3) is 3.25. The van der Waals surface area contributed by atoms with Crippen LogP contribution in [0.3, 0.4) is 0 Å². The Bertz CT molecular complexity index is 743. The molecule has 0 amide bonds. The normalized spacial score (nSPS) is 10.6. The molecule has 0 aliphatic heterocycles. The van der Waals surface area contributed by atoms with Crippen LogP contribution in [0, 0.1) is 0 Å². The van der Waals surface area contributed by atoms with Gasteiger partial charge in [0.1, 0.15) is 0 Å². The van der Waals surface area contributed by atoms with Crippen LogP contribution in [-0.4, -0.2) is 15.0 Å². The number of nitrogens with zero attached hydrogens (tertiary/aromatic N) is 3. The molecule has 6 heteroatoms. The minimum atomic E-state index is 0.637. The zero-order valence-electron chi connectivity index (χ0n) is 11.0. The summed E-state index contributed by atoms with van der Waals surface area (Å²) in [4.78, 5) is 0. The lowest BCUT2D eigenvalue weighted by Gasteiger charge is -2.12. The molecule has 0 saturated carbocycles. The summed E-state index contributed by atoms with van der Waals surface area (Å²) < 4.78 is 2.70. The molecule has 0 aliphatic carbocycles. The molecule has 0 fully saturated rings. The fourth-order valence-electron chi connectivity index (χ4n) is 2.02. The van der Waals surface area contributed by atoms with Crippen molar-refractivity contribution >= 4 is 33.2 Å². The molecule has 1 aromatic heterocycles. The van der Waals surface area contributed by atoms with E-state index in [1.165, 1.54) is 0 Å². The fraction of sp³-hybridized carbons (Fsp3) is 0.0667. The van der Waals surface area contributed by atoms with E-state index in [1.807, 2.05) is 48.7 Å². The van der Waals surface area contributed by atoms with Gasteiger partial charge in [0.25, 0.3) is 0 Å². The van der Waals surface area contributed by atoms with Crippen LogP contribution in [0.2, 0.25) is 5.02 Å². The van der Waals surface area contributed by atoms with Crippen LogP contribution in [0.4, 0.5) is 5.69 Å². The summed E-state index contributed by atoms with van der Waals surface area (Å²) in [5.74, 6) is 0. The monoisotopic (exact) mass is 362 g/mol. The Balaban J connectivity index is 1.83. The molecule has 0 saturated heterocycles. The van der Waals surface area contributed by atoms with Gasteiger partial charge in [-0.05, 0) is 29.8 Å². The van der Waals surface area contributed by atoms with E-state index in [-0.39, 0.29) is 0 Å². The second kappa shape index (κ2) is 6.28. The highest BCUT2D eigenvalue weighted by atomic mass is 79.9. The van der Waals surface area contributed by atoms with Crippen molar-refractivity contribution in [2.75, 3.05) is 5.32 Å². The molecule has 0 atom stereocenters. The number of para-hydroxylation sites is 2. The molecule has 0 bridgehead atoms. The Kier molecular flexibility index (Phi) is 4.22. The van der Waals surface area contributed by atoms with E-state index in [9.17, 15) is 0 Å². The van der Waals surface area contributed by atoms with Gasteiger partial charge in [-0.3, -0.25) is 0 Å². The topological polar surface area (TPSA) is 42.7 Å². The molecule has 1 N–H and O–H groups in total. The molecular weight excluding hydrogens is 352 g/mol. The van der Waals surface area contributed by atoms with Crippen molar-refractivity contribution < 1.29 is 0 Å². The van der Waals surface area contributed by atoms with Gasteiger partial charge in [0.2, 0.25) is 0 Å². The zero-order valence-corrected chi connectivity index (χ0v) is 13.3. The second-order valence-corrected chi connectivity index (χ2v) is 5.78. The lowest BCUT2D eigenvalue weighted by atomic mass is 10.2. The van der Waals surface area contributed by atoms with E-state index >= 15 is 0 Å². The smallest absolute Gasteiger partial charge is 0.0894 e. The van der Waals surface area contributed by atoms with Crippen LogP contribution in [0.1, 0.15) is 5.56 Å². The van der Waals surface area contributed by atoms with E-state index in [4.69, 9.17) is 11.6 Å². The first-order valence-electron chi connectivity index (χ1n) is 6.37. The summed E-state index contributed by atoms with van der Waals surface area (Å²) >= 11 is 9.64. The largest absolute Gasteiger partial charge is 0.379 e. The molecular formula is C15H12BrClN4. The summed E-state index contributed by atoms with van der Waals surface area (Å²) in [5, 5.41) is 12.0. The van der Waals surface area contributed by atoms with Crippen molar-refractivity contribution in [3.63, 3.8) is 0 Å². The van der Waals surface area contributed by atoms with Crippen molar-refractivity contribution in [2.24, 2.45) is 0 Å². The van der Waals surface area contributed by atoms with Crippen LogP contribution in [0.5, 0.6) is 0 Å². The SMILES string of the molecule is Clc1cc(Br)ccc1CNc1ccccc1-n1ccnn1. The molecule has 0 radical (unpaired) electrons. The quantitative estimate of drug-likeness (QED) is 0.751. The zero-order chi connectivity index (χ0) is 14.7. The average Bonchev–Trinajstić information content (AvgIpc) is 3.01. The van der Waals surface area contributed by atoms with Crippen molar-refractivity contribution in [1.29, 1.82) is 0 Å². The number of rotatable bonds is 4. The number of nitrogens with one attached hydrogen (secondary N) is 1. The maximum absolute atomic E-state index is 6.24. The maximum atomic E-state index is 6.24. The third-order valence-corrected chi connectivity index (χ3v) is 3.90. The summed E-state index contributed by atoms with van der Waals surface area (Å²) in [5.41, 5.74) is 2.96. The average molecular weight is 364 g/mol. The Labute approximate surface area is 135 Å². The highest BCUT2D eigenvalue weighted by molar-refractivity contribution is 9.10. The van der Waals surface area contributed by atoms with Crippen LogP contribution in [-0.2, 0) is 6.54 Å².